The van der Waals surface area contributed by atoms with Gasteiger partial charge in [0.1, 0.15) is 12.2 Å². The van der Waals surface area contributed by atoms with Gasteiger partial charge in [-0.15, -0.1) is 0 Å². The minimum absolute atomic E-state index is 0.141. The van der Waals surface area contributed by atoms with E-state index in [0.717, 1.165) is 25.7 Å². The lowest BCUT2D eigenvalue weighted by Gasteiger charge is -2.28. The molecule has 0 aromatic rings. The first-order valence-electron chi connectivity index (χ1n) is 20.3. The van der Waals surface area contributed by atoms with Gasteiger partial charge in [-0.3, -0.25) is 0 Å². The molecule has 0 aromatic carbocycles. The van der Waals surface area contributed by atoms with E-state index in [4.69, 9.17) is 38.6 Å². The number of hydrogen-bond acceptors (Lipinski definition) is 7. The molecule has 278 valence electrons. The molecule has 0 saturated carbocycles. The number of ether oxygens (including phenoxy) is 3. The largest absolute Gasteiger partial charge is 0.479 e. The van der Waals surface area contributed by atoms with E-state index in [-0.39, 0.29) is 13.2 Å². The standard InChI is InChI=1S/C40H76O5S2/c1-3-5-7-9-11-13-15-17-19-21-23-25-27-29-31-37(46)44-36(33-41)40-39(35(42)34-43-40)45-38(47)32-30-28-26-24-22-20-18-16-14-12-10-8-6-4-2/h35-36,39-42H,3-34H2,1-2H3/t35-,36+,39-,40-/m0/s1. The summed E-state index contributed by atoms with van der Waals surface area (Å²) >= 11 is 11.0. The van der Waals surface area contributed by atoms with Crippen molar-refractivity contribution in [2.45, 2.75) is 231 Å². The molecule has 5 nitrogen and oxygen atoms in total. The highest BCUT2D eigenvalue weighted by Gasteiger charge is 2.44. The quantitative estimate of drug-likeness (QED) is 0.0511. The van der Waals surface area contributed by atoms with Gasteiger partial charge in [0.15, 0.2) is 22.3 Å². The fourth-order valence-electron chi connectivity index (χ4n) is 6.66. The van der Waals surface area contributed by atoms with Crippen LogP contribution in [0.15, 0.2) is 0 Å². The van der Waals surface area contributed by atoms with Crippen LogP contribution in [0.4, 0.5) is 0 Å². The number of aliphatic hydroxyl groups is 2. The van der Waals surface area contributed by atoms with Crippen LogP contribution in [-0.2, 0) is 14.2 Å². The molecule has 0 radical (unpaired) electrons. The van der Waals surface area contributed by atoms with Gasteiger partial charge in [-0.1, -0.05) is 181 Å². The number of thiocarbonyl (C=S) groups is 2. The summed E-state index contributed by atoms with van der Waals surface area (Å²) in [6.07, 6.45) is 35.6. The van der Waals surface area contributed by atoms with E-state index in [1.165, 1.54) is 154 Å². The van der Waals surface area contributed by atoms with E-state index in [1.807, 2.05) is 0 Å². The Morgan fingerprint density at radius 1 is 0.574 bits per heavy atom. The predicted octanol–water partition coefficient (Wildman–Crippen LogP) is 11.9. The van der Waals surface area contributed by atoms with E-state index in [1.54, 1.807) is 0 Å². The topological polar surface area (TPSA) is 68.2 Å². The second-order valence-corrected chi connectivity index (χ2v) is 15.1. The summed E-state index contributed by atoms with van der Waals surface area (Å²) in [5, 5.41) is 21.6. The lowest BCUT2D eigenvalue weighted by Crippen LogP contribution is -2.45. The van der Waals surface area contributed by atoms with Crippen LogP contribution in [0.2, 0.25) is 0 Å². The molecule has 1 fully saturated rings. The van der Waals surface area contributed by atoms with Crippen molar-refractivity contribution in [3.63, 3.8) is 0 Å². The Labute approximate surface area is 302 Å². The molecule has 1 saturated heterocycles. The van der Waals surface area contributed by atoms with Gasteiger partial charge < -0.3 is 24.4 Å². The van der Waals surface area contributed by atoms with Crippen molar-refractivity contribution in [2.75, 3.05) is 13.2 Å². The zero-order chi connectivity index (χ0) is 34.2. The van der Waals surface area contributed by atoms with Crippen LogP contribution in [0.3, 0.4) is 0 Å². The normalized spacial score (nSPS) is 18.4. The Morgan fingerprint density at radius 3 is 1.28 bits per heavy atom. The van der Waals surface area contributed by atoms with Crippen molar-refractivity contribution >= 4 is 34.5 Å². The van der Waals surface area contributed by atoms with Crippen molar-refractivity contribution < 1.29 is 24.4 Å². The first kappa shape index (κ1) is 44.7. The Balaban J connectivity index is 2.10. The molecule has 0 amide bonds. The molecule has 4 atom stereocenters. The summed E-state index contributed by atoms with van der Waals surface area (Å²) in [5.41, 5.74) is 0. The molecule has 0 aromatic heterocycles. The van der Waals surface area contributed by atoms with Crippen molar-refractivity contribution in [1.29, 1.82) is 0 Å². The molecule has 0 aliphatic carbocycles. The van der Waals surface area contributed by atoms with E-state index in [9.17, 15) is 10.2 Å². The molecule has 2 N–H and O–H groups in total. The minimum atomic E-state index is -0.800. The van der Waals surface area contributed by atoms with Gasteiger partial charge in [0.05, 0.1) is 13.2 Å². The molecule has 0 unspecified atom stereocenters. The molecule has 1 heterocycles. The van der Waals surface area contributed by atoms with E-state index in [2.05, 4.69) is 13.8 Å². The Bertz CT molecular complexity index is 721. The predicted molar refractivity (Wildman–Crippen MR) is 208 cm³/mol. The summed E-state index contributed by atoms with van der Waals surface area (Å²) in [6.45, 7) is 4.44. The molecule has 1 rings (SSSR count). The number of rotatable bonds is 34. The molecule has 7 heteroatoms. The SMILES string of the molecule is CCCCCCCCCCCCCCCCC(=S)O[C@@H]1[C@H]([C@@H](CO)OC(=S)CCCCCCCCCCCCCCCC)OC[C@@H]1O. The monoisotopic (exact) mass is 701 g/mol. The van der Waals surface area contributed by atoms with Crippen LogP contribution in [0, 0.1) is 0 Å². The van der Waals surface area contributed by atoms with Crippen LogP contribution in [0.5, 0.6) is 0 Å². The Morgan fingerprint density at radius 2 is 0.915 bits per heavy atom. The van der Waals surface area contributed by atoms with E-state index < -0.39 is 24.4 Å². The first-order valence-corrected chi connectivity index (χ1v) is 21.1. The number of aliphatic hydroxyl groups excluding tert-OH is 2. The Kier molecular flexibility index (Phi) is 31.2. The van der Waals surface area contributed by atoms with Crippen molar-refractivity contribution in [3.8, 4) is 0 Å². The zero-order valence-corrected chi connectivity index (χ0v) is 32.5. The van der Waals surface area contributed by atoms with Crippen molar-refractivity contribution in [1.82, 2.24) is 0 Å². The van der Waals surface area contributed by atoms with Crippen LogP contribution in [-0.4, -0.2) is 57.9 Å². The number of hydrogen-bond donors (Lipinski definition) is 2. The van der Waals surface area contributed by atoms with Gasteiger partial charge in [0.25, 0.3) is 0 Å². The molecule has 1 aliphatic rings. The summed E-state index contributed by atoms with van der Waals surface area (Å²) < 4.78 is 17.8. The molecule has 47 heavy (non-hydrogen) atoms. The molecular formula is C40H76O5S2. The fourth-order valence-corrected chi connectivity index (χ4v) is 7.18. The summed E-state index contributed by atoms with van der Waals surface area (Å²) in [4.78, 5) is 0. The van der Waals surface area contributed by atoms with Gasteiger partial charge >= 0.3 is 0 Å². The first-order chi connectivity index (χ1) is 23.0. The van der Waals surface area contributed by atoms with Crippen molar-refractivity contribution in [2.24, 2.45) is 0 Å². The average Bonchev–Trinajstić information content (AvgIpc) is 3.42. The van der Waals surface area contributed by atoms with Gasteiger partial charge in [-0.2, -0.15) is 0 Å². The smallest absolute Gasteiger partial charge is 0.160 e. The maximum atomic E-state index is 10.5. The van der Waals surface area contributed by atoms with Gasteiger partial charge in [0, 0.05) is 12.8 Å². The van der Waals surface area contributed by atoms with E-state index in [0.29, 0.717) is 22.9 Å². The van der Waals surface area contributed by atoms with Crippen molar-refractivity contribution in [3.05, 3.63) is 0 Å². The maximum absolute atomic E-state index is 10.5. The highest BCUT2D eigenvalue weighted by molar-refractivity contribution is 7.80. The third-order valence-corrected chi connectivity index (χ3v) is 10.3. The zero-order valence-electron chi connectivity index (χ0n) is 30.9. The molecule has 0 spiro atoms. The number of unbranched alkanes of at least 4 members (excludes halogenated alkanes) is 26. The lowest BCUT2D eigenvalue weighted by molar-refractivity contribution is -0.0577. The fraction of sp³-hybridized carbons (Fsp3) is 0.950. The third kappa shape index (κ3) is 25.3. The summed E-state index contributed by atoms with van der Waals surface area (Å²) in [6, 6.07) is 0. The maximum Gasteiger partial charge on any atom is 0.160 e. The second kappa shape index (κ2) is 32.8. The van der Waals surface area contributed by atoms with Crippen LogP contribution < -0.4 is 0 Å². The minimum Gasteiger partial charge on any atom is -0.479 e. The van der Waals surface area contributed by atoms with Gasteiger partial charge in [0.2, 0.25) is 0 Å². The summed E-state index contributed by atoms with van der Waals surface area (Å²) in [7, 11) is 0. The molecular weight excluding hydrogens is 625 g/mol. The van der Waals surface area contributed by atoms with Crippen LogP contribution >= 0.6 is 24.4 Å². The molecule has 1 aliphatic heterocycles. The van der Waals surface area contributed by atoms with Crippen LogP contribution in [0.1, 0.15) is 206 Å². The Hall–Kier alpha value is -0.340. The average molecular weight is 701 g/mol. The second-order valence-electron chi connectivity index (χ2n) is 14.2. The lowest BCUT2D eigenvalue weighted by atomic mass is 10.0. The third-order valence-electron chi connectivity index (χ3n) is 9.73. The van der Waals surface area contributed by atoms with Crippen LogP contribution in [0.25, 0.3) is 0 Å². The van der Waals surface area contributed by atoms with Gasteiger partial charge in [-0.25, -0.2) is 0 Å². The highest BCUT2D eigenvalue weighted by Crippen LogP contribution is 2.25. The summed E-state index contributed by atoms with van der Waals surface area (Å²) in [5.74, 6) is 0. The van der Waals surface area contributed by atoms with E-state index >= 15 is 0 Å². The van der Waals surface area contributed by atoms with Gasteiger partial charge in [-0.05, 0) is 37.3 Å². The highest BCUT2D eigenvalue weighted by atomic mass is 32.1. The molecule has 0 bridgehead atoms.